The van der Waals surface area contributed by atoms with Gasteiger partial charge >= 0.3 is 12.1 Å². The highest BCUT2D eigenvalue weighted by Crippen LogP contribution is 2.34. The van der Waals surface area contributed by atoms with E-state index in [1.807, 2.05) is 18.3 Å². The Hall–Kier alpha value is -3.50. The summed E-state index contributed by atoms with van der Waals surface area (Å²) < 4.78 is 60.2. The molecule has 2 aromatic heterocycles. The first-order valence-electron chi connectivity index (χ1n) is 8.96. The lowest BCUT2D eigenvalue weighted by molar-refractivity contribution is -0.192. The van der Waals surface area contributed by atoms with E-state index in [1.165, 1.54) is 6.07 Å². The Morgan fingerprint density at radius 3 is 2.42 bits per heavy atom. The zero-order valence-electron chi connectivity index (χ0n) is 16.0. The molecule has 1 saturated carbocycles. The molecule has 2 heterocycles. The molecule has 2 N–H and O–H groups in total. The van der Waals surface area contributed by atoms with E-state index in [0.717, 1.165) is 11.1 Å². The molecule has 3 aromatic rings. The van der Waals surface area contributed by atoms with Crippen LogP contribution in [0.25, 0.3) is 16.8 Å². The monoisotopic (exact) mass is 441 g/mol. The smallest absolute Gasteiger partial charge is 0.475 e. The number of halogens is 5. The normalized spacial score (nSPS) is 17.6. The van der Waals surface area contributed by atoms with Gasteiger partial charge in [-0.2, -0.15) is 13.2 Å². The number of alkyl halides is 4. The van der Waals surface area contributed by atoms with Crippen molar-refractivity contribution in [2.75, 3.05) is 5.32 Å². The number of hydrogen-bond donors (Lipinski definition) is 2. The molecule has 31 heavy (non-hydrogen) atoms. The molecule has 164 valence electrons. The maximum atomic E-state index is 13.7. The summed E-state index contributed by atoms with van der Waals surface area (Å²) in [7, 11) is 0. The largest absolute Gasteiger partial charge is 0.490 e. The zero-order valence-corrected chi connectivity index (χ0v) is 16.0. The van der Waals surface area contributed by atoms with Gasteiger partial charge in [0.1, 0.15) is 17.6 Å². The SMILES string of the molecule is Cc1c(F)cccc1-c1ccc2nc(NC(=O)[C@@H]3C[C@H]3F)cn2c1.O=C(O)C(F)(F)F. The molecule has 0 aliphatic heterocycles. The first-order valence-corrected chi connectivity index (χ1v) is 8.96. The Morgan fingerprint density at radius 2 is 1.84 bits per heavy atom. The number of aromatic nitrogens is 2. The van der Waals surface area contributed by atoms with Gasteiger partial charge in [0.15, 0.2) is 5.82 Å². The Balaban J connectivity index is 0.000000339. The first-order chi connectivity index (χ1) is 14.5. The summed E-state index contributed by atoms with van der Waals surface area (Å²) in [5, 5.41) is 9.76. The van der Waals surface area contributed by atoms with Gasteiger partial charge < -0.3 is 14.8 Å². The molecule has 1 aliphatic rings. The van der Waals surface area contributed by atoms with Crippen molar-refractivity contribution in [2.24, 2.45) is 5.92 Å². The number of nitrogens with zero attached hydrogens (tertiary/aromatic N) is 2. The van der Waals surface area contributed by atoms with Crippen molar-refractivity contribution in [2.45, 2.75) is 25.7 Å². The van der Waals surface area contributed by atoms with Crippen LogP contribution in [0.3, 0.4) is 0 Å². The molecule has 0 spiro atoms. The minimum Gasteiger partial charge on any atom is -0.475 e. The highest BCUT2D eigenvalue weighted by Gasteiger charge is 2.43. The molecular formula is C20H16F5N3O3. The van der Waals surface area contributed by atoms with Crippen LogP contribution in [-0.2, 0) is 9.59 Å². The van der Waals surface area contributed by atoms with E-state index in [2.05, 4.69) is 10.3 Å². The lowest BCUT2D eigenvalue weighted by atomic mass is 10.0. The van der Waals surface area contributed by atoms with Crippen LogP contribution in [0.2, 0.25) is 0 Å². The summed E-state index contributed by atoms with van der Waals surface area (Å²) in [5.41, 5.74) is 2.87. The topological polar surface area (TPSA) is 83.7 Å². The summed E-state index contributed by atoms with van der Waals surface area (Å²) in [6, 6.07) is 8.61. The number of nitrogens with one attached hydrogen (secondary N) is 1. The van der Waals surface area contributed by atoms with Crippen molar-refractivity contribution < 1.29 is 36.6 Å². The number of imidazole rings is 1. The molecule has 1 amide bonds. The number of carbonyl (C=O) groups is 2. The molecule has 1 aromatic carbocycles. The third kappa shape index (κ3) is 5.16. The van der Waals surface area contributed by atoms with Crippen molar-refractivity contribution in [1.82, 2.24) is 9.38 Å². The zero-order chi connectivity index (χ0) is 22.9. The van der Waals surface area contributed by atoms with E-state index in [9.17, 15) is 26.7 Å². The predicted molar refractivity (Wildman–Crippen MR) is 101 cm³/mol. The number of carbonyl (C=O) groups excluding carboxylic acids is 1. The number of aliphatic carboxylic acids is 1. The Bertz CT molecular complexity index is 1140. The molecule has 1 aliphatic carbocycles. The van der Waals surface area contributed by atoms with Gasteiger partial charge in [-0.3, -0.25) is 4.79 Å². The molecule has 2 atom stereocenters. The fourth-order valence-corrected chi connectivity index (χ4v) is 2.79. The van der Waals surface area contributed by atoms with Gasteiger partial charge in [0, 0.05) is 6.20 Å². The standard InChI is InChI=1S/C18H15F2N3O.C2HF3O2/c1-10-12(3-2-4-14(10)19)11-5-6-17-21-16(9-23(17)8-11)22-18(24)13-7-15(13)20;3-2(4,5)1(6)7/h2-6,8-9,13,15H,7H2,1H3,(H,22,24);(H,6,7)/t13-,15-;/m1./s1. The maximum Gasteiger partial charge on any atom is 0.490 e. The van der Waals surface area contributed by atoms with Gasteiger partial charge in [0.05, 0.1) is 12.1 Å². The summed E-state index contributed by atoms with van der Waals surface area (Å²) in [6.45, 7) is 1.73. The van der Waals surface area contributed by atoms with Crippen molar-refractivity contribution in [3.63, 3.8) is 0 Å². The molecule has 4 rings (SSSR count). The molecule has 0 saturated heterocycles. The second-order valence-electron chi connectivity index (χ2n) is 6.87. The predicted octanol–water partition coefficient (Wildman–Crippen LogP) is 4.38. The highest BCUT2D eigenvalue weighted by atomic mass is 19.4. The lowest BCUT2D eigenvalue weighted by Crippen LogP contribution is -2.21. The number of fused-ring (bicyclic) bond motifs is 1. The molecule has 11 heteroatoms. The second kappa shape index (κ2) is 8.32. The summed E-state index contributed by atoms with van der Waals surface area (Å²) in [4.78, 5) is 25.0. The molecule has 6 nitrogen and oxygen atoms in total. The molecule has 1 fully saturated rings. The number of rotatable bonds is 3. The molecule has 0 bridgehead atoms. The quantitative estimate of drug-likeness (QED) is 0.591. The lowest BCUT2D eigenvalue weighted by Gasteiger charge is -2.07. The number of hydrogen-bond acceptors (Lipinski definition) is 3. The van der Waals surface area contributed by atoms with Crippen molar-refractivity contribution in [3.8, 4) is 11.1 Å². The summed E-state index contributed by atoms with van der Waals surface area (Å²) in [5.74, 6) is -3.52. The third-order valence-corrected chi connectivity index (χ3v) is 4.57. The van der Waals surface area contributed by atoms with E-state index in [0.29, 0.717) is 17.0 Å². The van der Waals surface area contributed by atoms with E-state index in [1.54, 1.807) is 29.7 Å². The minimum absolute atomic E-state index is 0.253. The van der Waals surface area contributed by atoms with Gasteiger partial charge in [-0.05, 0) is 48.2 Å². The van der Waals surface area contributed by atoms with Gasteiger partial charge in [-0.25, -0.2) is 18.6 Å². The molecule has 0 radical (unpaired) electrons. The van der Waals surface area contributed by atoms with E-state index in [4.69, 9.17) is 9.90 Å². The van der Waals surface area contributed by atoms with Gasteiger partial charge in [-0.1, -0.05) is 12.1 Å². The van der Waals surface area contributed by atoms with Gasteiger partial charge in [0.25, 0.3) is 0 Å². The number of benzene rings is 1. The Labute approximate surface area is 172 Å². The van der Waals surface area contributed by atoms with Crippen LogP contribution in [0.15, 0.2) is 42.7 Å². The van der Waals surface area contributed by atoms with E-state index in [-0.39, 0.29) is 18.1 Å². The molecule has 0 unspecified atom stereocenters. The van der Waals surface area contributed by atoms with E-state index >= 15 is 0 Å². The number of pyridine rings is 1. The number of amides is 1. The summed E-state index contributed by atoms with van der Waals surface area (Å²) >= 11 is 0. The maximum absolute atomic E-state index is 13.7. The average molecular weight is 441 g/mol. The Morgan fingerprint density at radius 1 is 1.19 bits per heavy atom. The van der Waals surface area contributed by atoms with Gasteiger partial charge in [-0.15, -0.1) is 0 Å². The van der Waals surface area contributed by atoms with Crippen molar-refractivity contribution in [3.05, 3.63) is 54.1 Å². The van der Waals surface area contributed by atoms with Gasteiger partial charge in [0.2, 0.25) is 5.91 Å². The number of carboxylic acid groups (broad SMARTS) is 1. The minimum atomic E-state index is -5.08. The number of anilines is 1. The number of carboxylic acids is 1. The van der Waals surface area contributed by atoms with Crippen molar-refractivity contribution in [1.29, 1.82) is 0 Å². The average Bonchev–Trinajstić information content (AvgIpc) is 3.28. The van der Waals surface area contributed by atoms with Crippen LogP contribution >= 0.6 is 0 Å². The van der Waals surface area contributed by atoms with E-state index < -0.39 is 24.2 Å². The first kappa shape index (κ1) is 22.2. The van der Waals surface area contributed by atoms with Crippen LogP contribution in [0.1, 0.15) is 12.0 Å². The molecular weight excluding hydrogens is 425 g/mol. The van der Waals surface area contributed by atoms with Crippen LogP contribution in [0, 0.1) is 18.7 Å². The van der Waals surface area contributed by atoms with Crippen LogP contribution in [0.4, 0.5) is 27.8 Å². The van der Waals surface area contributed by atoms with Crippen LogP contribution < -0.4 is 5.32 Å². The third-order valence-electron chi connectivity index (χ3n) is 4.57. The second-order valence-corrected chi connectivity index (χ2v) is 6.87. The highest BCUT2D eigenvalue weighted by molar-refractivity contribution is 5.94. The fourth-order valence-electron chi connectivity index (χ4n) is 2.79. The van der Waals surface area contributed by atoms with Crippen LogP contribution in [0.5, 0.6) is 0 Å². The van der Waals surface area contributed by atoms with Crippen molar-refractivity contribution >= 4 is 23.3 Å². The van der Waals surface area contributed by atoms with Crippen LogP contribution in [-0.4, -0.2) is 38.7 Å². The summed E-state index contributed by atoms with van der Waals surface area (Å²) in [6.07, 6.45) is -2.34. The Kier molecular flexibility index (Phi) is 5.96. The fraction of sp³-hybridized carbons (Fsp3) is 0.250.